The summed E-state index contributed by atoms with van der Waals surface area (Å²) in [6.45, 7) is 3.91. The lowest BCUT2D eigenvalue weighted by Crippen LogP contribution is -2.02. The van der Waals surface area contributed by atoms with Gasteiger partial charge in [-0.25, -0.2) is 4.79 Å². The molecule has 0 bridgehead atoms. The molecule has 0 aliphatic heterocycles. The van der Waals surface area contributed by atoms with Gasteiger partial charge in [0, 0.05) is 21.5 Å². The van der Waals surface area contributed by atoms with Crippen LogP contribution in [0.15, 0.2) is 53.0 Å². The zero-order chi connectivity index (χ0) is 20.4. The Hall–Kier alpha value is -2.81. The molecule has 3 aromatic rings. The van der Waals surface area contributed by atoms with Crippen LogP contribution in [0.25, 0.3) is 17.3 Å². The Morgan fingerprint density at radius 2 is 1.96 bits per heavy atom. The Kier molecular flexibility index (Phi) is 5.73. The van der Waals surface area contributed by atoms with E-state index < -0.39 is 5.97 Å². The van der Waals surface area contributed by atoms with Crippen molar-refractivity contribution in [3.8, 4) is 11.8 Å². The summed E-state index contributed by atoms with van der Waals surface area (Å²) in [7, 11) is 0. The lowest BCUT2D eigenvalue weighted by Gasteiger charge is -2.11. The number of rotatable bonds is 4. The predicted molar refractivity (Wildman–Crippen MR) is 115 cm³/mol. The second-order valence-corrected chi connectivity index (χ2v) is 7.63. The molecule has 2 aromatic carbocycles. The summed E-state index contributed by atoms with van der Waals surface area (Å²) >= 11 is 9.57. The van der Waals surface area contributed by atoms with Gasteiger partial charge >= 0.3 is 5.97 Å². The third kappa shape index (κ3) is 3.89. The van der Waals surface area contributed by atoms with E-state index in [0.717, 1.165) is 32.7 Å². The molecule has 0 saturated heterocycles. The first kappa shape index (κ1) is 19.9. The number of halogens is 2. The van der Waals surface area contributed by atoms with Crippen molar-refractivity contribution in [2.75, 3.05) is 0 Å². The average Bonchev–Trinajstić information content (AvgIpc) is 2.92. The van der Waals surface area contributed by atoms with E-state index in [2.05, 4.69) is 22.0 Å². The molecule has 0 atom stereocenters. The van der Waals surface area contributed by atoms with Crippen molar-refractivity contribution >= 4 is 45.1 Å². The number of aryl methyl sites for hydroxylation is 1. The van der Waals surface area contributed by atoms with Gasteiger partial charge in [0.2, 0.25) is 0 Å². The Morgan fingerprint density at radius 1 is 1.21 bits per heavy atom. The van der Waals surface area contributed by atoms with Crippen LogP contribution in [0, 0.1) is 25.2 Å². The second-order valence-electron chi connectivity index (χ2n) is 6.31. The fourth-order valence-corrected chi connectivity index (χ4v) is 3.79. The Labute approximate surface area is 176 Å². The molecular weight excluding hydrogens is 440 g/mol. The standard InChI is InChI=1S/C22H16BrClN2O2/c1-13-8-16(9-17(12-25)15-4-3-5-18(23)10-15)14(2)26(13)19-6-7-20(22(27)28)21(24)11-19/h3-11H,1-2H3,(H,27,28)/b17-9-. The lowest BCUT2D eigenvalue weighted by molar-refractivity contribution is 0.0697. The van der Waals surface area contributed by atoms with E-state index in [4.69, 9.17) is 16.7 Å². The van der Waals surface area contributed by atoms with Crippen LogP contribution in [0.3, 0.4) is 0 Å². The van der Waals surface area contributed by atoms with Gasteiger partial charge in [-0.3, -0.25) is 0 Å². The number of hydrogen-bond donors (Lipinski definition) is 1. The summed E-state index contributed by atoms with van der Waals surface area (Å²) in [5.74, 6) is -1.06. The number of carboxylic acid groups (broad SMARTS) is 1. The number of carbonyl (C=O) groups is 1. The van der Waals surface area contributed by atoms with Crippen LogP contribution < -0.4 is 0 Å². The minimum Gasteiger partial charge on any atom is -0.478 e. The fraction of sp³-hybridized carbons (Fsp3) is 0.0909. The Balaban J connectivity index is 2.09. The van der Waals surface area contributed by atoms with Crippen LogP contribution in [0.4, 0.5) is 0 Å². The smallest absolute Gasteiger partial charge is 0.337 e. The van der Waals surface area contributed by atoms with Crippen LogP contribution in [0.5, 0.6) is 0 Å². The zero-order valence-corrected chi connectivity index (χ0v) is 17.5. The van der Waals surface area contributed by atoms with Gasteiger partial charge in [0.1, 0.15) is 0 Å². The minimum atomic E-state index is -1.06. The van der Waals surface area contributed by atoms with Gasteiger partial charge in [-0.05, 0) is 67.4 Å². The molecule has 1 aromatic heterocycles. The van der Waals surface area contributed by atoms with E-state index >= 15 is 0 Å². The van der Waals surface area contributed by atoms with Crippen molar-refractivity contribution in [2.45, 2.75) is 13.8 Å². The summed E-state index contributed by atoms with van der Waals surface area (Å²) in [5, 5.41) is 19.0. The Bertz CT molecular complexity index is 1160. The van der Waals surface area contributed by atoms with Crippen molar-refractivity contribution in [3.63, 3.8) is 0 Å². The summed E-state index contributed by atoms with van der Waals surface area (Å²) in [4.78, 5) is 11.2. The van der Waals surface area contributed by atoms with Crippen LogP contribution in [0.2, 0.25) is 5.02 Å². The molecule has 1 N–H and O–H groups in total. The van der Waals surface area contributed by atoms with E-state index in [1.54, 1.807) is 12.1 Å². The van der Waals surface area contributed by atoms with Gasteiger partial charge in [-0.2, -0.15) is 5.26 Å². The minimum absolute atomic E-state index is 0.0643. The SMILES string of the molecule is Cc1cc(/C=C(/C#N)c2cccc(Br)c2)c(C)n1-c1ccc(C(=O)O)c(Cl)c1. The molecule has 6 heteroatoms. The maximum Gasteiger partial charge on any atom is 0.337 e. The number of aromatic carboxylic acids is 1. The largest absolute Gasteiger partial charge is 0.478 e. The number of hydrogen-bond acceptors (Lipinski definition) is 2. The van der Waals surface area contributed by atoms with E-state index in [1.165, 1.54) is 6.07 Å². The highest BCUT2D eigenvalue weighted by Crippen LogP contribution is 2.28. The number of aromatic nitrogens is 1. The molecule has 28 heavy (non-hydrogen) atoms. The van der Waals surface area contributed by atoms with Crippen LogP contribution in [0.1, 0.15) is 32.9 Å². The molecule has 0 radical (unpaired) electrons. The van der Waals surface area contributed by atoms with Crippen molar-refractivity contribution < 1.29 is 9.90 Å². The van der Waals surface area contributed by atoms with Crippen molar-refractivity contribution in [3.05, 3.63) is 86.1 Å². The monoisotopic (exact) mass is 454 g/mol. The second kappa shape index (κ2) is 8.05. The molecule has 0 unspecified atom stereocenters. The number of allylic oxidation sites excluding steroid dienone is 1. The Morgan fingerprint density at radius 3 is 2.57 bits per heavy atom. The molecule has 3 rings (SSSR count). The van der Waals surface area contributed by atoms with E-state index in [1.807, 2.05) is 54.8 Å². The summed E-state index contributed by atoms with van der Waals surface area (Å²) < 4.78 is 2.89. The molecule has 0 saturated carbocycles. The first-order valence-corrected chi connectivity index (χ1v) is 9.59. The molecule has 1 heterocycles. The number of carboxylic acids is 1. The molecule has 4 nitrogen and oxygen atoms in total. The first-order chi connectivity index (χ1) is 13.3. The molecule has 140 valence electrons. The highest BCUT2D eigenvalue weighted by molar-refractivity contribution is 9.10. The number of nitriles is 1. The first-order valence-electron chi connectivity index (χ1n) is 8.41. The molecule has 0 fully saturated rings. The quantitative estimate of drug-likeness (QED) is 0.471. The summed E-state index contributed by atoms with van der Waals surface area (Å²) in [6.07, 6.45) is 1.85. The van der Waals surface area contributed by atoms with Crippen LogP contribution in [-0.4, -0.2) is 15.6 Å². The van der Waals surface area contributed by atoms with Crippen LogP contribution >= 0.6 is 27.5 Å². The van der Waals surface area contributed by atoms with Gasteiger partial charge in [-0.1, -0.05) is 39.7 Å². The molecule has 0 aliphatic rings. The molecule has 0 amide bonds. The van der Waals surface area contributed by atoms with E-state index in [-0.39, 0.29) is 10.6 Å². The average molecular weight is 456 g/mol. The van der Waals surface area contributed by atoms with Crippen molar-refractivity contribution in [1.82, 2.24) is 4.57 Å². The fourth-order valence-electron chi connectivity index (χ4n) is 3.14. The van der Waals surface area contributed by atoms with Gasteiger partial charge in [-0.15, -0.1) is 0 Å². The topological polar surface area (TPSA) is 66.0 Å². The van der Waals surface area contributed by atoms with Crippen molar-refractivity contribution in [2.24, 2.45) is 0 Å². The van der Waals surface area contributed by atoms with E-state index in [0.29, 0.717) is 5.57 Å². The normalized spacial score (nSPS) is 11.3. The number of nitrogens with zero attached hydrogens (tertiary/aromatic N) is 2. The molecular formula is C22H16BrClN2O2. The maximum absolute atomic E-state index is 11.2. The van der Waals surface area contributed by atoms with Crippen molar-refractivity contribution in [1.29, 1.82) is 5.26 Å². The third-order valence-electron chi connectivity index (χ3n) is 4.47. The van der Waals surface area contributed by atoms with E-state index in [9.17, 15) is 10.1 Å². The van der Waals surface area contributed by atoms with Gasteiger partial charge in [0.25, 0.3) is 0 Å². The molecule has 0 aliphatic carbocycles. The van der Waals surface area contributed by atoms with Gasteiger partial charge in [0.15, 0.2) is 0 Å². The van der Waals surface area contributed by atoms with Gasteiger partial charge < -0.3 is 9.67 Å². The summed E-state index contributed by atoms with van der Waals surface area (Å²) in [6, 6.07) is 16.7. The van der Waals surface area contributed by atoms with Crippen LogP contribution in [-0.2, 0) is 0 Å². The highest BCUT2D eigenvalue weighted by atomic mass is 79.9. The zero-order valence-electron chi connectivity index (χ0n) is 15.2. The molecule has 0 spiro atoms. The third-order valence-corrected chi connectivity index (χ3v) is 5.27. The highest BCUT2D eigenvalue weighted by Gasteiger charge is 2.14. The lowest BCUT2D eigenvalue weighted by atomic mass is 10.0. The maximum atomic E-state index is 11.2. The van der Waals surface area contributed by atoms with Gasteiger partial charge in [0.05, 0.1) is 22.2 Å². The summed E-state index contributed by atoms with van der Waals surface area (Å²) in [5.41, 5.74) is 5.01. The predicted octanol–water partition coefficient (Wildman–Crippen LogP) is 6.27. The number of benzene rings is 2.